The lowest BCUT2D eigenvalue weighted by Gasteiger charge is -2.43. The van der Waals surface area contributed by atoms with Crippen LogP contribution in [0.1, 0.15) is 85.0 Å². The maximum atomic E-state index is 12.6. The third-order valence-electron chi connectivity index (χ3n) is 5.00. The van der Waals surface area contributed by atoms with Crippen molar-refractivity contribution in [3.8, 4) is 0 Å². The van der Waals surface area contributed by atoms with Crippen molar-refractivity contribution >= 4 is 6.09 Å². The molecule has 0 N–H and O–H groups in total. The molecule has 1 saturated carbocycles. The molecular weight excluding hydrogens is 278 g/mol. The molecule has 128 valence electrons. The summed E-state index contributed by atoms with van der Waals surface area (Å²) < 4.78 is 11.7. The van der Waals surface area contributed by atoms with Crippen LogP contribution in [0.2, 0.25) is 0 Å². The highest BCUT2D eigenvalue weighted by atomic mass is 16.6. The second kappa shape index (κ2) is 7.67. The first-order valence-electron chi connectivity index (χ1n) is 9.13. The second-order valence-corrected chi connectivity index (χ2v) is 7.47. The van der Waals surface area contributed by atoms with E-state index in [1.807, 2.05) is 4.90 Å². The van der Waals surface area contributed by atoms with Crippen molar-refractivity contribution < 1.29 is 14.3 Å². The van der Waals surface area contributed by atoms with E-state index in [1.54, 1.807) is 0 Å². The Balaban J connectivity index is 1.87. The molecule has 1 aliphatic heterocycles. The third kappa shape index (κ3) is 3.95. The quantitative estimate of drug-likeness (QED) is 0.657. The number of amides is 1. The summed E-state index contributed by atoms with van der Waals surface area (Å²) in [5, 5.41) is 0. The van der Waals surface area contributed by atoms with Gasteiger partial charge >= 0.3 is 6.09 Å². The van der Waals surface area contributed by atoms with Gasteiger partial charge < -0.3 is 9.47 Å². The molecule has 22 heavy (non-hydrogen) atoms. The number of ether oxygens (including phenoxy) is 2. The number of hydrogen-bond acceptors (Lipinski definition) is 3. The van der Waals surface area contributed by atoms with Crippen LogP contribution in [0.5, 0.6) is 0 Å². The molecule has 0 aromatic heterocycles. The Labute approximate surface area is 135 Å². The molecule has 1 heterocycles. The molecule has 0 aromatic carbocycles. The van der Waals surface area contributed by atoms with Crippen molar-refractivity contribution in [3.63, 3.8) is 0 Å². The normalized spacial score (nSPS) is 23.0. The third-order valence-corrected chi connectivity index (χ3v) is 5.00. The first-order valence-corrected chi connectivity index (χ1v) is 9.13. The zero-order valence-electron chi connectivity index (χ0n) is 14.7. The van der Waals surface area contributed by atoms with E-state index in [-0.39, 0.29) is 11.6 Å². The molecule has 2 fully saturated rings. The summed E-state index contributed by atoms with van der Waals surface area (Å²) in [4.78, 5) is 14.6. The summed E-state index contributed by atoms with van der Waals surface area (Å²) in [6.07, 6.45) is 11.1. The number of hydrogen-bond donors (Lipinski definition) is 0. The van der Waals surface area contributed by atoms with Crippen LogP contribution in [-0.4, -0.2) is 35.5 Å². The van der Waals surface area contributed by atoms with Crippen molar-refractivity contribution in [1.29, 1.82) is 0 Å². The van der Waals surface area contributed by atoms with Crippen LogP contribution in [0, 0.1) is 0 Å². The highest BCUT2D eigenvalue weighted by Gasteiger charge is 2.55. The summed E-state index contributed by atoms with van der Waals surface area (Å²) in [6.45, 7) is 7.51. The van der Waals surface area contributed by atoms with E-state index in [0.29, 0.717) is 13.2 Å². The molecule has 0 radical (unpaired) electrons. The van der Waals surface area contributed by atoms with Gasteiger partial charge in [-0.05, 0) is 46.0 Å². The lowest BCUT2D eigenvalue weighted by molar-refractivity contribution is -0.104. The molecule has 1 saturated heterocycles. The van der Waals surface area contributed by atoms with Crippen molar-refractivity contribution in [2.75, 3.05) is 13.2 Å². The minimum atomic E-state index is -0.402. The Kier molecular flexibility index (Phi) is 6.13. The first kappa shape index (κ1) is 17.6. The maximum Gasteiger partial charge on any atom is 0.412 e. The van der Waals surface area contributed by atoms with Gasteiger partial charge in [0.15, 0.2) is 0 Å². The van der Waals surface area contributed by atoms with E-state index in [2.05, 4.69) is 20.8 Å². The summed E-state index contributed by atoms with van der Waals surface area (Å²) in [5.41, 5.74) is -0.669. The van der Waals surface area contributed by atoms with Crippen molar-refractivity contribution in [2.45, 2.75) is 96.2 Å². The fraction of sp³-hybridized carbons (Fsp3) is 0.944. The van der Waals surface area contributed by atoms with E-state index in [9.17, 15) is 4.79 Å². The fourth-order valence-electron chi connectivity index (χ4n) is 3.81. The number of rotatable bonds is 6. The van der Waals surface area contributed by atoms with Crippen LogP contribution in [0.3, 0.4) is 0 Å². The Morgan fingerprint density at radius 3 is 2.45 bits per heavy atom. The molecule has 1 aliphatic carbocycles. The maximum absolute atomic E-state index is 12.6. The molecule has 4 nitrogen and oxygen atoms in total. The average Bonchev–Trinajstić information content (AvgIpc) is 2.74. The summed E-state index contributed by atoms with van der Waals surface area (Å²) in [5.74, 6) is 0. The van der Waals surface area contributed by atoms with Crippen LogP contribution >= 0.6 is 0 Å². The van der Waals surface area contributed by atoms with E-state index in [4.69, 9.17) is 9.47 Å². The molecule has 4 heteroatoms. The summed E-state index contributed by atoms with van der Waals surface area (Å²) in [6, 6.07) is 0. The number of unbranched alkanes of at least 4 members (excludes halogenated alkanes) is 4. The van der Waals surface area contributed by atoms with Gasteiger partial charge in [0.05, 0.1) is 18.8 Å². The molecule has 1 spiro atoms. The summed E-state index contributed by atoms with van der Waals surface area (Å²) >= 11 is 0. The molecular formula is C18H33NO3. The monoisotopic (exact) mass is 311 g/mol. The molecule has 0 unspecified atom stereocenters. The Morgan fingerprint density at radius 1 is 1.09 bits per heavy atom. The van der Waals surface area contributed by atoms with Gasteiger partial charge in [0.25, 0.3) is 0 Å². The SMILES string of the molecule is CCCCCCCOC(=O)N1C(C)(C)COC12CCCCC2. The standard InChI is InChI=1S/C18H33NO3/c1-4-5-6-7-11-14-21-16(20)19-17(2,3)15-22-18(19)12-9-8-10-13-18/h4-15H2,1-3H3. The Bertz CT molecular complexity index is 361. The smallest absolute Gasteiger partial charge is 0.412 e. The van der Waals surface area contributed by atoms with E-state index in [1.165, 1.54) is 25.7 Å². The van der Waals surface area contributed by atoms with Crippen LogP contribution in [0.4, 0.5) is 4.79 Å². The van der Waals surface area contributed by atoms with Gasteiger partial charge in [-0.2, -0.15) is 0 Å². The lowest BCUT2D eigenvalue weighted by Crippen LogP contribution is -2.56. The number of carbonyl (C=O) groups is 1. The van der Waals surface area contributed by atoms with Gasteiger partial charge in [0, 0.05) is 0 Å². The molecule has 2 aliphatic rings. The summed E-state index contributed by atoms with van der Waals surface area (Å²) in [7, 11) is 0. The zero-order chi connectivity index (χ0) is 16.1. The first-order chi connectivity index (χ1) is 10.5. The highest BCUT2D eigenvalue weighted by molar-refractivity contribution is 5.70. The molecule has 2 rings (SSSR count). The molecule has 1 amide bonds. The van der Waals surface area contributed by atoms with Crippen molar-refractivity contribution in [3.05, 3.63) is 0 Å². The van der Waals surface area contributed by atoms with Crippen molar-refractivity contribution in [2.24, 2.45) is 0 Å². The predicted octanol–water partition coefficient (Wildman–Crippen LogP) is 4.86. The van der Waals surface area contributed by atoms with Crippen LogP contribution in [-0.2, 0) is 9.47 Å². The van der Waals surface area contributed by atoms with Gasteiger partial charge in [0.1, 0.15) is 5.72 Å². The van der Waals surface area contributed by atoms with Crippen LogP contribution < -0.4 is 0 Å². The predicted molar refractivity (Wildman–Crippen MR) is 87.8 cm³/mol. The van der Waals surface area contributed by atoms with Crippen molar-refractivity contribution in [1.82, 2.24) is 4.90 Å². The average molecular weight is 311 g/mol. The van der Waals surface area contributed by atoms with Crippen LogP contribution in [0.25, 0.3) is 0 Å². The Morgan fingerprint density at radius 2 is 1.77 bits per heavy atom. The van der Waals surface area contributed by atoms with Crippen LogP contribution in [0.15, 0.2) is 0 Å². The van der Waals surface area contributed by atoms with Gasteiger partial charge in [-0.15, -0.1) is 0 Å². The van der Waals surface area contributed by atoms with Gasteiger partial charge in [-0.3, -0.25) is 4.90 Å². The molecule has 0 aromatic rings. The highest BCUT2D eigenvalue weighted by Crippen LogP contribution is 2.44. The minimum Gasteiger partial charge on any atom is -0.449 e. The fourth-order valence-corrected chi connectivity index (χ4v) is 3.81. The topological polar surface area (TPSA) is 38.8 Å². The van der Waals surface area contributed by atoms with E-state index >= 15 is 0 Å². The van der Waals surface area contributed by atoms with Gasteiger partial charge in [-0.1, -0.05) is 39.0 Å². The van der Waals surface area contributed by atoms with E-state index in [0.717, 1.165) is 38.5 Å². The number of nitrogens with zero attached hydrogens (tertiary/aromatic N) is 1. The van der Waals surface area contributed by atoms with Gasteiger partial charge in [-0.25, -0.2) is 4.79 Å². The zero-order valence-corrected chi connectivity index (χ0v) is 14.7. The molecule has 0 bridgehead atoms. The number of carbonyl (C=O) groups excluding carboxylic acids is 1. The minimum absolute atomic E-state index is 0.181. The second-order valence-electron chi connectivity index (χ2n) is 7.47. The lowest BCUT2D eigenvalue weighted by atomic mass is 9.89. The Hall–Kier alpha value is -0.770. The molecule has 0 atom stereocenters. The van der Waals surface area contributed by atoms with Gasteiger partial charge in [0.2, 0.25) is 0 Å². The largest absolute Gasteiger partial charge is 0.449 e. The van der Waals surface area contributed by atoms with E-state index < -0.39 is 5.72 Å².